The summed E-state index contributed by atoms with van der Waals surface area (Å²) in [6.45, 7) is 7.48. The fraction of sp³-hybridized carbons (Fsp3) is 0.667. The molecule has 0 spiro atoms. The van der Waals surface area contributed by atoms with E-state index in [2.05, 4.69) is 13.8 Å². The zero-order chi connectivity index (χ0) is 16.4. The molecule has 3 rings (SSSR count). The van der Waals surface area contributed by atoms with Gasteiger partial charge in [0.15, 0.2) is 5.76 Å². The van der Waals surface area contributed by atoms with Crippen molar-refractivity contribution in [2.24, 2.45) is 17.8 Å². The summed E-state index contributed by atoms with van der Waals surface area (Å²) >= 11 is 0. The molecule has 0 N–H and O–H groups in total. The molecule has 0 bridgehead atoms. The SMILES string of the molecule is C[C@@H]1C[C@@H](C)CN(C(=O)C2CCN(C(=O)c3ccco3)CC2)C1. The van der Waals surface area contributed by atoms with Crippen molar-refractivity contribution in [1.29, 1.82) is 0 Å². The number of hydrogen-bond acceptors (Lipinski definition) is 3. The molecule has 2 saturated heterocycles. The summed E-state index contributed by atoms with van der Waals surface area (Å²) in [5.74, 6) is 1.84. The van der Waals surface area contributed by atoms with E-state index in [0.29, 0.717) is 30.7 Å². The molecule has 23 heavy (non-hydrogen) atoms. The zero-order valence-corrected chi connectivity index (χ0v) is 14.0. The van der Waals surface area contributed by atoms with Crippen LogP contribution < -0.4 is 0 Å². The Morgan fingerprint density at radius 1 is 1.09 bits per heavy atom. The third-order valence-electron chi connectivity index (χ3n) is 5.04. The van der Waals surface area contributed by atoms with Crippen LogP contribution in [0.2, 0.25) is 0 Å². The van der Waals surface area contributed by atoms with Crippen molar-refractivity contribution < 1.29 is 14.0 Å². The normalized spacial score (nSPS) is 26.3. The van der Waals surface area contributed by atoms with Gasteiger partial charge in [0.25, 0.3) is 5.91 Å². The van der Waals surface area contributed by atoms with Crippen LogP contribution in [0.1, 0.15) is 43.7 Å². The maximum absolute atomic E-state index is 12.8. The number of piperidine rings is 2. The maximum Gasteiger partial charge on any atom is 0.289 e. The van der Waals surface area contributed by atoms with E-state index < -0.39 is 0 Å². The first-order valence-corrected chi connectivity index (χ1v) is 8.66. The van der Waals surface area contributed by atoms with E-state index in [9.17, 15) is 9.59 Å². The van der Waals surface area contributed by atoms with Crippen molar-refractivity contribution in [2.45, 2.75) is 33.1 Å². The van der Waals surface area contributed by atoms with Gasteiger partial charge < -0.3 is 14.2 Å². The molecule has 2 atom stereocenters. The molecular weight excluding hydrogens is 292 g/mol. The van der Waals surface area contributed by atoms with Crippen LogP contribution in [0.4, 0.5) is 0 Å². The first-order chi connectivity index (χ1) is 11.0. The highest BCUT2D eigenvalue weighted by atomic mass is 16.3. The van der Waals surface area contributed by atoms with Crippen LogP contribution in [-0.2, 0) is 4.79 Å². The largest absolute Gasteiger partial charge is 0.459 e. The number of likely N-dealkylation sites (tertiary alicyclic amines) is 2. The Balaban J connectivity index is 1.54. The van der Waals surface area contributed by atoms with Crippen LogP contribution in [0.3, 0.4) is 0 Å². The van der Waals surface area contributed by atoms with Gasteiger partial charge in [-0.25, -0.2) is 0 Å². The number of nitrogens with zero attached hydrogens (tertiary/aromatic N) is 2. The molecule has 2 fully saturated rings. The van der Waals surface area contributed by atoms with Gasteiger partial charge in [-0.2, -0.15) is 0 Å². The van der Waals surface area contributed by atoms with E-state index in [4.69, 9.17) is 4.42 Å². The second-order valence-electron chi connectivity index (χ2n) is 7.23. The molecule has 0 aliphatic carbocycles. The topological polar surface area (TPSA) is 53.8 Å². The minimum absolute atomic E-state index is 0.0631. The predicted molar refractivity (Wildman–Crippen MR) is 86.9 cm³/mol. The summed E-state index contributed by atoms with van der Waals surface area (Å²) in [5, 5.41) is 0. The van der Waals surface area contributed by atoms with Crippen LogP contribution in [-0.4, -0.2) is 47.8 Å². The Bertz CT molecular complexity index is 537. The highest BCUT2D eigenvalue weighted by Crippen LogP contribution is 2.26. The summed E-state index contributed by atoms with van der Waals surface area (Å²) in [5.41, 5.74) is 0. The third-order valence-corrected chi connectivity index (χ3v) is 5.04. The van der Waals surface area contributed by atoms with E-state index in [1.54, 1.807) is 17.0 Å². The second kappa shape index (κ2) is 6.77. The number of amides is 2. The third kappa shape index (κ3) is 3.59. The van der Waals surface area contributed by atoms with Crippen LogP contribution >= 0.6 is 0 Å². The molecular formula is C18H26N2O3. The van der Waals surface area contributed by atoms with Crippen molar-refractivity contribution >= 4 is 11.8 Å². The lowest BCUT2D eigenvalue weighted by Gasteiger charge is -2.39. The molecule has 2 amide bonds. The van der Waals surface area contributed by atoms with Crippen molar-refractivity contribution in [2.75, 3.05) is 26.2 Å². The Labute approximate surface area is 137 Å². The second-order valence-corrected chi connectivity index (χ2v) is 7.23. The Morgan fingerprint density at radius 2 is 1.74 bits per heavy atom. The minimum atomic E-state index is -0.0684. The molecule has 0 radical (unpaired) electrons. The lowest BCUT2D eigenvalue weighted by molar-refractivity contribution is -0.139. The molecule has 1 aromatic rings. The number of furan rings is 1. The van der Waals surface area contributed by atoms with E-state index in [0.717, 1.165) is 25.9 Å². The fourth-order valence-corrected chi connectivity index (χ4v) is 3.99. The first kappa shape index (κ1) is 16.1. The molecule has 126 valence electrons. The number of carbonyl (C=O) groups excluding carboxylic acids is 2. The summed E-state index contributed by atoms with van der Waals surface area (Å²) in [6, 6.07) is 3.41. The number of hydrogen-bond donors (Lipinski definition) is 0. The van der Waals surface area contributed by atoms with Gasteiger partial charge in [-0.05, 0) is 43.2 Å². The Kier molecular flexibility index (Phi) is 4.74. The van der Waals surface area contributed by atoms with Crippen molar-refractivity contribution in [3.05, 3.63) is 24.2 Å². The van der Waals surface area contributed by atoms with Gasteiger partial charge >= 0.3 is 0 Å². The van der Waals surface area contributed by atoms with Gasteiger partial charge in [0.2, 0.25) is 5.91 Å². The quantitative estimate of drug-likeness (QED) is 0.842. The molecule has 5 heteroatoms. The average Bonchev–Trinajstić information content (AvgIpc) is 3.07. The molecule has 0 aromatic carbocycles. The van der Waals surface area contributed by atoms with E-state index in [1.165, 1.54) is 12.7 Å². The fourth-order valence-electron chi connectivity index (χ4n) is 3.99. The van der Waals surface area contributed by atoms with Crippen LogP contribution in [0.25, 0.3) is 0 Å². The van der Waals surface area contributed by atoms with Gasteiger partial charge in [0, 0.05) is 32.1 Å². The van der Waals surface area contributed by atoms with E-state index in [-0.39, 0.29) is 17.7 Å². The number of carbonyl (C=O) groups is 2. The maximum atomic E-state index is 12.8. The van der Waals surface area contributed by atoms with E-state index >= 15 is 0 Å². The summed E-state index contributed by atoms with van der Waals surface area (Å²) in [4.78, 5) is 28.9. The highest BCUT2D eigenvalue weighted by molar-refractivity contribution is 5.91. The molecule has 0 saturated carbocycles. The van der Waals surface area contributed by atoms with Crippen molar-refractivity contribution in [1.82, 2.24) is 9.80 Å². The molecule has 3 heterocycles. The average molecular weight is 318 g/mol. The standard InChI is InChI=1S/C18H26N2O3/c1-13-10-14(2)12-20(11-13)17(21)15-5-7-19(8-6-15)18(22)16-4-3-9-23-16/h3-4,9,13-15H,5-8,10-12H2,1-2H3/t13-,14-/m1/s1. The van der Waals surface area contributed by atoms with Crippen molar-refractivity contribution in [3.8, 4) is 0 Å². The molecule has 0 unspecified atom stereocenters. The lowest BCUT2D eigenvalue weighted by Crippen LogP contribution is -2.48. The monoisotopic (exact) mass is 318 g/mol. The molecule has 2 aliphatic heterocycles. The summed E-state index contributed by atoms with van der Waals surface area (Å²) < 4.78 is 5.18. The first-order valence-electron chi connectivity index (χ1n) is 8.66. The molecule has 2 aliphatic rings. The minimum Gasteiger partial charge on any atom is -0.459 e. The summed E-state index contributed by atoms with van der Waals surface area (Å²) in [7, 11) is 0. The van der Waals surface area contributed by atoms with Gasteiger partial charge in [-0.15, -0.1) is 0 Å². The van der Waals surface area contributed by atoms with Gasteiger partial charge in [0.05, 0.1) is 6.26 Å². The van der Waals surface area contributed by atoms with Gasteiger partial charge in [-0.1, -0.05) is 13.8 Å². The van der Waals surface area contributed by atoms with E-state index in [1.807, 2.05) is 4.90 Å². The zero-order valence-electron chi connectivity index (χ0n) is 14.0. The van der Waals surface area contributed by atoms with Gasteiger partial charge in [0.1, 0.15) is 0 Å². The van der Waals surface area contributed by atoms with Crippen molar-refractivity contribution in [3.63, 3.8) is 0 Å². The Hall–Kier alpha value is -1.78. The number of rotatable bonds is 2. The van der Waals surface area contributed by atoms with Gasteiger partial charge in [-0.3, -0.25) is 9.59 Å². The smallest absolute Gasteiger partial charge is 0.289 e. The van der Waals surface area contributed by atoms with Crippen LogP contribution in [0.15, 0.2) is 22.8 Å². The highest BCUT2D eigenvalue weighted by Gasteiger charge is 2.33. The molecule has 1 aromatic heterocycles. The molecule has 5 nitrogen and oxygen atoms in total. The lowest BCUT2D eigenvalue weighted by atomic mass is 9.89. The van der Waals surface area contributed by atoms with Crippen LogP contribution in [0.5, 0.6) is 0 Å². The van der Waals surface area contributed by atoms with Crippen LogP contribution in [0, 0.1) is 17.8 Å². The predicted octanol–water partition coefficient (Wildman–Crippen LogP) is 2.64. The Morgan fingerprint density at radius 3 is 2.30 bits per heavy atom. The summed E-state index contributed by atoms with van der Waals surface area (Å²) in [6.07, 6.45) is 4.23.